The first kappa shape index (κ1) is 14.6. The van der Waals surface area contributed by atoms with Gasteiger partial charge in [-0.3, -0.25) is 0 Å². The van der Waals surface area contributed by atoms with Gasteiger partial charge in [0.05, 0.1) is 13.1 Å². The van der Waals surface area contributed by atoms with Gasteiger partial charge in [0.25, 0.3) is 0 Å². The van der Waals surface area contributed by atoms with Crippen molar-refractivity contribution in [1.29, 1.82) is 0 Å². The summed E-state index contributed by atoms with van der Waals surface area (Å²) < 4.78 is 2.08. The summed E-state index contributed by atoms with van der Waals surface area (Å²) in [7, 11) is 2.02. The molecule has 114 valence electrons. The van der Waals surface area contributed by atoms with E-state index in [9.17, 15) is 0 Å². The molecule has 2 aromatic heterocycles. The lowest BCUT2D eigenvalue weighted by Gasteiger charge is -2.31. The minimum absolute atomic E-state index is 0.332. The molecule has 0 radical (unpaired) electrons. The van der Waals surface area contributed by atoms with E-state index in [4.69, 9.17) is 5.73 Å². The predicted molar refractivity (Wildman–Crippen MR) is 80.8 cm³/mol. The van der Waals surface area contributed by atoms with Crippen LogP contribution in [-0.2, 0) is 26.6 Å². The Hall–Kier alpha value is -1.38. The molecule has 3 N–H and O–H groups in total. The van der Waals surface area contributed by atoms with Crippen molar-refractivity contribution < 1.29 is 0 Å². The summed E-state index contributed by atoms with van der Waals surface area (Å²) in [5.41, 5.74) is 5.84. The Labute approximate surface area is 128 Å². The minimum Gasteiger partial charge on any atom is -0.328 e. The summed E-state index contributed by atoms with van der Waals surface area (Å²) in [5, 5.41) is 22.3. The van der Waals surface area contributed by atoms with Gasteiger partial charge in [-0.15, -0.1) is 31.7 Å². The second kappa shape index (κ2) is 6.17. The predicted octanol–water partition coefficient (Wildman–Crippen LogP) is 0.723. The van der Waals surface area contributed by atoms with E-state index < -0.39 is 0 Å². The molecule has 0 spiro atoms. The molecule has 0 aliphatic heterocycles. The monoisotopic (exact) mass is 307 g/mol. The van der Waals surface area contributed by atoms with Gasteiger partial charge in [0.15, 0.2) is 0 Å². The molecular weight excluding hydrogens is 286 g/mol. The summed E-state index contributed by atoms with van der Waals surface area (Å²) in [5.74, 6) is 2.48. The van der Waals surface area contributed by atoms with Gasteiger partial charge in [0, 0.05) is 19.0 Å². The molecule has 1 aliphatic rings. The second-order valence-electron chi connectivity index (χ2n) is 5.51. The van der Waals surface area contributed by atoms with Gasteiger partial charge < -0.3 is 15.6 Å². The Morgan fingerprint density at radius 1 is 1.19 bits per heavy atom. The van der Waals surface area contributed by atoms with Gasteiger partial charge in [0.2, 0.25) is 0 Å². The molecule has 1 saturated carbocycles. The normalized spacial score (nSPS) is 21.5. The van der Waals surface area contributed by atoms with Gasteiger partial charge in [-0.25, -0.2) is 0 Å². The third kappa shape index (κ3) is 3.12. The molecule has 1 aliphatic carbocycles. The fraction of sp³-hybridized carbons (Fsp3) is 0.692. The van der Waals surface area contributed by atoms with Crippen molar-refractivity contribution in [1.82, 2.24) is 30.3 Å². The lowest BCUT2D eigenvalue weighted by atomic mass is 9.80. The Bertz CT molecular complexity index is 599. The molecule has 1 fully saturated rings. The molecule has 0 bridgehead atoms. The van der Waals surface area contributed by atoms with Crippen LogP contribution in [0.15, 0.2) is 0 Å². The fourth-order valence-electron chi connectivity index (χ4n) is 2.54. The molecule has 8 heteroatoms. The maximum atomic E-state index is 5.84. The van der Waals surface area contributed by atoms with Crippen molar-refractivity contribution in [2.75, 3.05) is 0 Å². The van der Waals surface area contributed by atoms with Crippen molar-refractivity contribution >= 4 is 11.3 Å². The summed E-state index contributed by atoms with van der Waals surface area (Å²) in [6.45, 7) is 3.49. The zero-order valence-electron chi connectivity index (χ0n) is 12.4. The van der Waals surface area contributed by atoms with Gasteiger partial charge in [-0.05, 0) is 19.3 Å². The maximum Gasteiger partial charge on any atom is 0.146 e. The minimum atomic E-state index is 0.332. The molecule has 0 unspecified atom stereocenters. The lowest BCUT2D eigenvalue weighted by molar-refractivity contribution is 0.331. The highest BCUT2D eigenvalue weighted by Crippen LogP contribution is 2.34. The number of rotatable bonds is 6. The molecule has 0 aromatic carbocycles. The van der Waals surface area contributed by atoms with E-state index in [1.54, 1.807) is 11.3 Å². The molecule has 0 atom stereocenters. The number of aryl methyl sites for hydroxylation is 1. The number of hydrogen-bond acceptors (Lipinski definition) is 7. The van der Waals surface area contributed by atoms with Crippen LogP contribution in [-0.4, -0.2) is 31.0 Å². The second-order valence-corrected chi connectivity index (χ2v) is 6.66. The number of nitrogens with one attached hydrogen (secondary N) is 1. The van der Waals surface area contributed by atoms with Crippen LogP contribution in [0.3, 0.4) is 0 Å². The molecular formula is C13H21N7S. The standard InChI is InChI=1S/C13H21N7S/c1-3-11-17-18-12(21-11)7-15-6-10-16-19-13(20(10)2)8-4-9(14)5-8/h8-9,15H,3-7,14H2,1-2H3. The van der Waals surface area contributed by atoms with Gasteiger partial charge in [-0.2, -0.15) is 0 Å². The zero-order valence-corrected chi connectivity index (χ0v) is 13.2. The van der Waals surface area contributed by atoms with E-state index >= 15 is 0 Å². The summed E-state index contributed by atoms with van der Waals surface area (Å²) in [6.07, 6.45) is 2.97. The zero-order chi connectivity index (χ0) is 14.8. The van der Waals surface area contributed by atoms with E-state index in [-0.39, 0.29) is 0 Å². The fourth-order valence-corrected chi connectivity index (χ4v) is 3.30. The Kier molecular flexibility index (Phi) is 4.27. The van der Waals surface area contributed by atoms with Crippen molar-refractivity contribution in [3.8, 4) is 0 Å². The van der Waals surface area contributed by atoms with E-state index in [0.29, 0.717) is 25.0 Å². The highest BCUT2D eigenvalue weighted by molar-refractivity contribution is 7.11. The van der Waals surface area contributed by atoms with Crippen LogP contribution in [0.1, 0.15) is 47.3 Å². The van der Waals surface area contributed by atoms with Crippen LogP contribution in [0.25, 0.3) is 0 Å². The first-order valence-corrected chi connectivity index (χ1v) is 8.14. The maximum absolute atomic E-state index is 5.84. The van der Waals surface area contributed by atoms with E-state index in [0.717, 1.165) is 40.9 Å². The average Bonchev–Trinajstić information content (AvgIpc) is 3.04. The van der Waals surface area contributed by atoms with Crippen molar-refractivity contribution in [3.63, 3.8) is 0 Å². The Morgan fingerprint density at radius 3 is 2.62 bits per heavy atom. The van der Waals surface area contributed by atoms with Crippen molar-refractivity contribution in [2.24, 2.45) is 12.8 Å². The molecule has 2 heterocycles. The van der Waals surface area contributed by atoms with Gasteiger partial charge in [0.1, 0.15) is 21.7 Å². The van der Waals surface area contributed by atoms with Crippen LogP contribution in [0.4, 0.5) is 0 Å². The Morgan fingerprint density at radius 2 is 1.95 bits per heavy atom. The van der Waals surface area contributed by atoms with Crippen LogP contribution in [0, 0.1) is 0 Å². The van der Waals surface area contributed by atoms with Crippen LogP contribution >= 0.6 is 11.3 Å². The highest BCUT2D eigenvalue weighted by Gasteiger charge is 2.31. The molecule has 3 rings (SSSR count). The largest absolute Gasteiger partial charge is 0.328 e. The lowest BCUT2D eigenvalue weighted by Crippen LogP contribution is -2.36. The summed E-state index contributed by atoms with van der Waals surface area (Å²) in [4.78, 5) is 0. The molecule has 0 amide bonds. The van der Waals surface area contributed by atoms with Crippen molar-refractivity contribution in [3.05, 3.63) is 21.7 Å². The first-order valence-electron chi connectivity index (χ1n) is 7.33. The molecule has 7 nitrogen and oxygen atoms in total. The Balaban J connectivity index is 1.53. The SMILES string of the molecule is CCc1nnc(CNCc2nnc(C3CC(N)C3)n2C)s1. The smallest absolute Gasteiger partial charge is 0.146 e. The van der Waals surface area contributed by atoms with E-state index in [2.05, 4.69) is 37.2 Å². The quantitative estimate of drug-likeness (QED) is 0.817. The average molecular weight is 307 g/mol. The van der Waals surface area contributed by atoms with Crippen molar-refractivity contribution in [2.45, 2.75) is 51.2 Å². The number of aromatic nitrogens is 5. The molecule has 21 heavy (non-hydrogen) atoms. The highest BCUT2D eigenvalue weighted by atomic mass is 32.1. The third-order valence-electron chi connectivity index (χ3n) is 3.91. The number of hydrogen-bond donors (Lipinski definition) is 2. The number of nitrogens with zero attached hydrogens (tertiary/aromatic N) is 5. The topological polar surface area (TPSA) is 94.5 Å². The van der Waals surface area contributed by atoms with Gasteiger partial charge in [-0.1, -0.05) is 6.92 Å². The third-order valence-corrected chi connectivity index (χ3v) is 4.98. The molecule has 2 aromatic rings. The van der Waals surface area contributed by atoms with Crippen LogP contribution < -0.4 is 11.1 Å². The van der Waals surface area contributed by atoms with Crippen LogP contribution in [0.2, 0.25) is 0 Å². The summed E-state index contributed by atoms with van der Waals surface area (Å²) in [6, 6.07) is 0.332. The van der Waals surface area contributed by atoms with E-state index in [1.807, 2.05) is 7.05 Å². The van der Waals surface area contributed by atoms with Crippen LogP contribution in [0.5, 0.6) is 0 Å². The van der Waals surface area contributed by atoms with E-state index in [1.165, 1.54) is 0 Å². The summed E-state index contributed by atoms with van der Waals surface area (Å²) >= 11 is 1.65. The van der Waals surface area contributed by atoms with Gasteiger partial charge >= 0.3 is 0 Å². The molecule has 0 saturated heterocycles. The first-order chi connectivity index (χ1) is 10.2. The number of nitrogens with two attached hydrogens (primary N) is 1.